The molecule has 1 heterocycles. The molecule has 1 aliphatic heterocycles. The second kappa shape index (κ2) is 8.09. The monoisotopic (exact) mass is 353 g/mol. The van der Waals surface area contributed by atoms with E-state index in [9.17, 15) is 13.2 Å². The maximum absolute atomic E-state index is 12.9. The molecule has 1 saturated heterocycles. The summed E-state index contributed by atoms with van der Waals surface area (Å²) in [6.07, 6.45) is 2.66. The summed E-state index contributed by atoms with van der Waals surface area (Å²) >= 11 is 0. The Kier molecular flexibility index (Phi) is 6.37. The Labute approximate surface area is 144 Å². The zero-order valence-electron chi connectivity index (χ0n) is 14.4. The van der Waals surface area contributed by atoms with E-state index < -0.39 is 10.0 Å². The van der Waals surface area contributed by atoms with Gasteiger partial charge in [0.15, 0.2) is 0 Å². The second-order valence-corrected chi connectivity index (χ2v) is 7.89. The van der Waals surface area contributed by atoms with Crippen LogP contribution in [0, 0.1) is 0 Å². The van der Waals surface area contributed by atoms with Crippen LogP contribution < -0.4 is 5.73 Å². The number of benzene rings is 1. The number of carbonyl (C=O) groups excluding carboxylic acids is 1. The molecule has 0 bridgehead atoms. The van der Waals surface area contributed by atoms with Gasteiger partial charge in [-0.3, -0.25) is 4.79 Å². The molecule has 0 saturated carbocycles. The van der Waals surface area contributed by atoms with Crippen LogP contribution in [0.2, 0.25) is 0 Å². The first-order valence-corrected chi connectivity index (χ1v) is 10.0. The maximum Gasteiger partial charge on any atom is 0.253 e. The van der Waals surface area contributed by atoms with Crippen molar-refractivity contribution in [1.82, 2.24) is 9.21 Å². The quantitative estimate of drug-likeness (QED) is 0.843. The molecule has 1 atom stereocenters. The molecule has 0 spiro atoms. The normalized spacial score (nSPS) is 19.2. The van der Waals surface area contributed by atoms with Crippen LogP contribution >= 0.6 is 0 Å². The summed E-state index contributed by atoms with van der Waals surface area (Å²) in [5.74, 6) is -0.0817. The number of piperidine rings is 1. The first-order chi connectivity index (χ1) is 11.5. The smallest absolute Gasteiger partial charge is 0.253 e. The minimum absolute atomic E-state index is 0.0817. The fourth-order valence-electron chi connectivity index (χ4n) is 3.12. The van der Waals surface area contributed by atoms with Gasteiger partial charge in [-0.05, 0) is 51.0 Å². The number of amides is 1. The van der Waals surface area contributed by atoms with E-state index in [1.54, 1.807) is 17.0 Å². The van der Waals surface area contributed by atoms with E-state index in [-0.39, 0.29) is 16.8 Å². The Balaban J connectivity index is 2.24. The number of rotatable bonds is 6. The van der Waals surface area contributed by atoms with Crippen LogP contribution in [0.25, 0.3) is 0 Å². The third kappa shape index (κ3) is 3.79. The van der Waals surface area contributed by atoms with Crippen molar-refractivity contribution in [3.05, 3.63) is 29.8 Å². The molecule has 134 valence electrons. The molecular formula is C17H27N3O3S. The Morgan fingerprint density at radius 2 is 1.83 bits per heavy atom. The summed E-state index contributed by atoms with van der Waals surface area (Å²) in [5, 5.41) is 0. The van der Waals surface area contributed by atoms with Crippen molar-refractivity contribution in [1.29, 1.82) is 0 Å². The molecule has 1 fully saturated rings. The van der Waals surface area contributed by atoms with Crippen molar-refractivity contribution in [2.75, 3.05) is 26.2 Å². The fourth-order valence-corrected chi connectivity index (χ4v) is 4.83. The Morgan fingerprint density at radius 1 is 1.21 bits per heavy atom. The lowest BCUT2D eigenvalue weighted by Gasteiger charge is -2.33. The van der Waals surface area contributed by atoms with Gasteiger partial charge in [0.25, 0.3) is 5.91 Å². The Morgan fingerprint density at radius 3 is 2.38 bits per heavy atom. The van der Waals surface area contributed by atoms with E-state index in [4.69, 9.17) is 5.73 Å². The molecule has 0 aromatic heterocycles. The van der Waals surface area contributed by atoms with Gasteiger partial charge in [0.05, 0.1) is 4.90 Å². The predicted molar refractivity (Wildman–Crippen MR) is 94.3 cm³/mol. The van der Waals surface area contributed by atoms with Crippen LogP contribution in [-0.2, 0) is 10.0 Å². The summed E-state index contributed by atoms with van der Waals surface area (Å²) in [6, 6.07) is 6.09. The standard InChI is InChI=1S/C17H27N3O3S/c1-3-19(4-2)17(21)14-8-10-16(11-9-14)24(22,23)20-12-6-5-7-15(20)13-18/h8-11,15H,3-7,12-13,18H2,1-2H3. The van der Waals surface area contributed by atoms with E-state index in [1.807, 2.05) is 13.8 Å². The summed E-state index contributed by atoms with van der Waals surface area (Å²) in [4.78, 5) is 14.2. The molecule has 0 radical (unpaired) electrons. The van der Waals surface area contributed by atoms with Crippen molar-refractivity contribution in [2.45, 2.75) is 44.0 Å². The van der Waals surface area contributed by atoms with Crippen molar-refractivity contribution in [3.63, 3.8) is 0 Å². The molecule has 1 aliphatic rings. The van der Waals surface area contributed by atoms with E-state index in [2.05, 4.69) is 0 Å². The number of hydrogen-bond acceptors (Lipinski definition) is 4. The lowest BCUT2D eigenvalue weighted by atomic mass is 10.1. The fraction of sp³-hybridized carbons (Fsp3) is 0.588. The predicted octanol–water partition coefficient (Wildman–Crippen LogP) is 1.67. The number of hydrogen-bond donors (Lipinski definition) is 1. The number of nitrogens with zero attached hydrogens (tertiary/aromatic N) is 2. The molecule has 7 heteroatoms. The van der Waals surface area contributed by atoms with Gasteiger partial charge in [0.2, 0.25) is 10.0 Å². The van der Waals surface area contributed by atoms with E-state index in [0.29, 0.717) is 31.7 Å². The third-order valence-corrected chi connectivity index (χ3v) is 6.57. The van der Waals surface area contributed by atoms with Crippen LogP contribution in [-0.4, -0.2) is 55.8 Å². The minimum Gasteiger partial charge on any atom is -0.339 e. The first kappa shape index (κ1) is 18.9. The van der Waals surface area contributed by atoms with Gasteiger partial charge in [-0.15, -0.1) is 0 Å². The van der Waals surface area contributed by atoms with Crippen molar-refractivity contribution < 1.29 is 13.2 Å². The highest BCUT2D eigenvalue weighted by atomic mass is 32.2. The summed E-state index contributed by atoms with van der Waals surface area (Å²) in [6.45, 7) is 5.93. The molecule has 1 amide bonds. The van der Waals surface area contributed by atoms with E-state index in [1.165, 1.54) is 16.4 Å². The van der Waals surface area contributed by atoms with Crippen LogP contribution in [0.5, 0.6) is 0 Å². The molecule has 2 N–H and O–H groups in total. The van der Waals surface area contributed by atoms with Crippen molar-refractivity contribution >= 4 is 15.9 Å². The molecule has 1 aromatic carbocycles. The van der Waals surface area contributed by atoms with Crippen molar-refractivity contribution in [3.8, 4) is 0 Å². The Bertz CT molecular complexity index is 654. The van der Waals surface area contributed by atoms with E-state index in [0.717, 1.165) is 19.3 Å². The summed E-state index contributed by atoms with van der Waals surface area (Å²) < 4.78 is 27.2. The Hall–Kier alpha value is -1.44. The van der Waals surface area contributed by atoms with Gasteiger partial charge in [-0.25, -0.2) is 8.42 Å². The molecule has 0 aliphatic carbocycles. The molecular weight excluding hydrogens is 326 g/mol. The van der Waals surface area contributed by atoms with Gasteiger partial charge < -0.3 is 10.6 Å². The van der Waals surface area contributed by atoms with Crippen molar-refractivity contribution in [2.24, 2.45) is 5.73 Å². The zero-order valence-corrected chi connectivity index (χ0v) is 15.3. The van der Waals surface area contributed by atoms with Crippen LogP contribution in [0.1, 0.15) is 43.5 Å². The summed E-state index contributed by atoms with van der Waals surface area (Å²) in [5.41, 5.74) is 6.25. The maximum atomic E-state index is 12.9. The molecule has 2 rings (SSSR count). The zero-order chi connectivity index (χ0) is 17.7. The van der Waals surface area contributed by atoms with Gasteiger partial charge >= 0.3 is 0 Å². The highest BCUT2D eigenvalue weighted by Gasteiger charge is 2.32. The number of carbonyl (C=O) groups is 1. The van der Waals surface area contributed by atoms with Gasteiger partial charge in [0, 0.05) is 37.8 Å². The van der Waals surface area contributed by atoms with Crippen LogP contribution in [0.4, 0.5) is 0 Å². The van der Waals surface area contributed by atoms with Gasteiger partial charge in [-0.1, -0.05) is 6.42 Å². The third-order valence-electron chi connectivity index (χ3n) is 4.60. The highest BCUT2D eigenvalue weighted by molar-refractivity contribution is 7.89. The van der Waals surface area contributed by atoms with Gasteiger partial charge in [-0.2, -0.15) is 4.31 Å². The second-order valence-electron chi connectivity index (χ2n) is 6.00. The SMILES string of the molecule is CCN(CC)C(=O)c1ccc(S(=O)(=O)N2CCCCC2CN)cc1. The van der Waals surface area contributed by atoms with E-state index >= 15 is 0 Å². The average Bonchev–Trinajstić information content (AvgIpc) is 2.62. The topological polar surface area (TPSA) is 83.7 Å². The first-order valence-electron chi connectivity index (χ1n) is 8.56. The molecule has 1 aromatic rings. The molecule has 24 heavy (non-hydrogen) atoms. The molecule has 6 nitrogen and oxygen atoms in total. The average molecular weight is 353 g/mol. The molecule has 1 unspecified atom stereocenters. The highest BCUT2D eigenvalue weighted by Crippen LogP contribution is 2.25. The largest absolute Gasteiger partial charge is 0.339 e. The summed E-state index contributed by atoms with van der Waals surface area (Å²) in [7, 11) is -3.57. The van der Waals surface area contributed by atoms with Crippen LogP contribution in [0.15, 0.2) is 29.2 Å². The van der Waals surface area contributed by atoms with Crippen LogP contribution in [0.3, 0.4) is 0 Å². The van der Waals surface area contributed by atoms with Gasteiger partial charge in [0.1, 0.15) is 0 Å². The lowest BCUT2D eigenvalue weighted by molar-refractivity contribution is 0.0773. The minimum atomic E-state index is -3.57. The lowest BCUT2D eigenvalue weighted by Crippen LogP contribution is -2.47. The number of sulfonamides is 1. The number of nitrogens with two attached hydrogens (primary N) is 1.